The Hall–Kier alpha value is -3.22. The molecule has 0 saturated heterocycles. The molecule has 3 rings (SSSR count). The third-order valence-electron chi connectivity index (χ3n) is 5.16. The number of nitrogens with one attached hydrogen (secondary N) is 1. The number of fused-ring (bicyclic) bond motifs is 1. The summed E-state index contributed by atoms with van der Waals surface area (Å²) in [6.45, 7) is 9.51. The number of nitrogens with zero attached hydrogens (tertiary/aromatic N) is 3. The van der Waals surface area contributed by atoms with Crippen molar-refractivity contribution in [2.45, 2.75) is 66.0 Å². The monoisotopic (exact) mass is 422 g/mol. The predicted molar refractivity (Wildman–Crippen MR) is 119 cm³/mol. The second kappa shape index (κ2) is 9.73. The molecule has 7 heteroatoms. The van der Waals surface area contributed by atoms with Gasteiger partial charge in [0.15, 0.2) is 5.65 Å². The Labute approximate surface area is 182 Å². The van der Waals surface area contributed by atoms with Gasteiger partial charge < -0.3 is 10.1 Å². The van der Waals surface area contributed by atoms with Crippen molar-refractivity contribution in [3.8, 4) is 0 Å². The Balaban J connectivity index is 1.71. The summed E-state index contributed by atoms with van der Waals surface area (Å²) in [5.41, 5.74) is 5.50. The third kappa shape index (κ3) is 5.69. The van der Waals surface area contributed by atoms with Crippen LogP contribution in [-0.4, -0.2) is 32.6 Å². The van der Waals surface area contributed by atoms with Crippen LogP contribution in [0.4, 0.5) is 0 Å². The van der Waals surface area contributed by atoms with E-state index in [1.165, 1.54) is 0 Å². The standard InChI is InChI=1S/C24H30N4O3/c1-15(2)31-24(30)14-21(19-9-7-6-8-10-19)26-23(29)12-11-20-17(4)25-22-13-16(3)27-28(22)18(20)5/h6-10,13,15,21H,11-12,14H2,1-5H3,(H,26,29). The molecule has 0 radical (unpaired) electrons. The first-order chi connectivity index (χ1) is 14.7. The number of carbonyl (C=O) groups is 2. The Morgan fingerprint density at radius 3 is 2.52 bits per heavy atom. The summed E-state index contributed by atoms with van der Waals surface area (Å²) >= 11 is 0. The second-order valence-electron chi connectivity index (χ2n) is 8.09. The molecule has 1 atom stereocenters. The lowest BCUT2D eigenvalue weighted by molar-refractivity contribution is -0.148. The van der Waals surface area contributed by atoms with Gasteiger partial charge in [-0.25, -0.2) is 9.50 Å². The molecule has 1 aromatic carbocycles. The van der Waals surface area contributed by atoms with Crippen LogP contribution in [0.3, 0.4) is 0 Å². The van der Waals surface area contributed by atoms with E-state index in [1.807, 2.05) is 75.5 Å². The maximum absolute atomic E-state index is 12.8. The van der Waals surface area contributed by atoms with E-state index in [2.05, 4.69) is 15.4 Å². The van der Waals surface area contributed by atoms with Crippen LogP contribution in [0.2, 0.25) is 0 Å². The first-order valence-corrected chi connectivity index (χ1v) is 10.6. The highest BCUT2D eigenvalue weighted by Crippen LogP contribution is 2.20. The van der Waals surface area contributed by atoms with E-state index < -0.39 is 6.04 Å². The number of carbonyl (C=O) groups excluding carboxylic acids is 2. The van der Waals surface area contributed by atoms with E-state index in [1.54, 1.807) is 0 Å². The molecule has 1 unspecified atom stereocenters. The van der Waals surface area contributed by atoms with Crippen molar-refractivity contribution in [2.24, 2.45) is 0 Å². The van der Waals surface area contributed by atoms with E-state index in [9.17, 15) is 9.59 Å². The van der Waals surface area contributed by atoms with Crippen LogP contribution >= 0.6 is 0 Å². The lowest BCUT2D eigenvalue weighted by atomic mass is 10.0. The SMILES string of the molecule is Cc1cc2nc(C)c(CCC(=O)NC(CC(=O)OC(C)C)c3ccccc3)c(C)n2n1. The average Bonchev–Trinajstić information content (AvgIpc) is 3.07. The first kappa shape index (κ1) is 22.5. The third-order valence-corrected chi connectivity index (χ3v) is 5.16. The van der Waals surface area contributed by atoms with Crippen molar-refractivity contribution in [3.63, 3.8) is 0 Å². The number of aromatic nitrogens is 3. The normalized spacial score (nSPS) is 12.2. The van der Waals surface area contributed by atoms with Crippen molar-refractivity contribution in [1.29, 1.82) is 0 Å². The number of rotatable bonds is 8. The summed E-state index contributed by atoms with van der Waals surface area (Å²) < 4.78 is 7.10. The van der Waals surface area contributed by atoms with Crippen molar-refractivity contribution in [2.75, 3.05) is 0 Å². The van der Waals surface area contributed by atoms with Gasteiger partial charge in [-0.05, 0) is 52.2 Å². The molecule has 7 nitrogen and oxygen atoms in total. The van der Waals surface area contributed by atoms with Gasteiger partial charge in [-0.3, -0.25) is 9.59 Å². The molecule has 0 aliphatic carbocycles. The number of esters is 1. The molecule has 2 heterocycles. The summed E-state index contributed by atoms with van der Waals surface area (Å²) in [5, 5.41) is 7.49. The Bertz CT molecular complexity index is 1070. The number of ether oxygens (including phenoxy) is 1. The topological polar surface area (TPSA) is 85.6 Å². The van der Waals surface area contributed by atoms with Crippen LogP contribution in [0.5, 0.6) is 0 Å². The molecule has 0 bridgehead atoms. The van der Waals surface area contributed by atoms with Crippen molar-refractivity contribution < 1.29 is 14.3 Å². The molecular weight excluding hydrogens is 392 g/mol. The molecule has 0 spiro atoms. The van der Waals surface area contributed by atoms with Crippen molar-refractivity contribution in [1.82, 2.24) is 19.9 Å². The van der Waals surface area contributed by atoms with E-state index in [0.717, 1.165) is 33.9 Å². The highest BCUT2D eigenvalue weighted by atomic mass is 16.5. The largest absolute Gasteiger partial charge is 0.463 e. The van der Waals surface area contributed by atoms with E-state index in [4.69, 9.17) is 4.74 Å². The van der Waals surface area contributed by atoms with Gasteiger partial charge >= 0.3 is 5.97 Å². The van der Waals surface area contributed by atoms with Crippen LogP contribution in [-0.2, 0) is 20.7 Å². The molecule has 2 aromatic heterocycles. The minimum Gasteiger partial charge on any atom is -0.463 e. The predicted octanol–water partition coefficient (Wildman–Crippen LogP) is 3.79. The summed E-state index contributed by atoms with van der Waals surface area (Å²) in [6, 6.07) is 11.0. The van der Waals surface area contributed by atoms with Crippen molar-refractivity contribution >= 4 is 17.5 Å². The van der Waals surface area contributed by atoms with Gasteiger partial charge in [0.1, 0.15) is 0 Å². The summed E-state index contributed by atoms with van der Waals surface area (Å²) in [4.78, 5) is 29.6. The van der Waals surface area contributed by atoms with Gasteiger partial charge in [-0.15, -0.1) is 0 Å². The number of benzene rings is 1. The maximum Gasteiger partial charge on any atom is 0.308 e. The zero-order valence-electron chi connectivity index (χ0n) is 18.8. The van der Waals surface area contributed by atoms with Gasteiger partial charge in [0.25, 0.3) is 0 Å². The van der Waals surface area contributed by atoms with E-state index >= 15 is 0 Å². The fourth-order valence-corrected chi connectivity index (χ4v) is 3.72. The number of aryl methyl sites for hydroxylation is 3. The van der Waals surface area contributed by atoms with E-state index in [-0.39, 0.29) is 30.8 Å². The number of amides is 1. The first-order valence-electron chi connectivity index (χ1n) is 10.6. The Kier molecular flexibility index (Phi) is 7.05. The summed E-state index contributed by atoms with van der Waals surface area (Å²) in [5.74, 6) is -0.457. The highest BCUT2D eigenvalue weighted by Gasteiger charge is 2.20. The molecule has 164 valence electrons. The fourth-order valence-electron chi connectivity index (χ4n) is 3.72. The zero-order valence-corrected chi connectivity index (χ0v) is 18.8. The molecule has 0 fully saturated rings. The number of hydrogen-bond donors (Lipinski definition) is 1. The van der Waals surface area contributed by atoms with Gasteiger partial charge in [-0.1, -0.05) is 30.3 Å². The summed E-state index contributed by atoms with van der Waals surface area (Å²) in [6.07, 6.45) is 0.728. The highest BCUT2D eigenvalue weighted by molar-refractivity contribution is 5.78. The van der Waals surface area contributed by atoms with Gasteiger partial charge in [0, 0.05) is 23.9 Å². The van der Waals surface area contributed by atoms with Crippen LogP contribution in [0, 0.1) is 20.8 Å². The minimum absolute atomic E-state index is 0.0894. The van der Waals surface area contributed by atoms with Crippen LogP contribution < -0.4 is 5.32 Å². The van der Waals surface area contributed by atoms with Crippen LogP contribution in [0.15, 0.2) is 36.4 Å². The lowest BCUT2D eigenvalue weighted by Gasteiger charge is -2.20. The molecule has 0 aliphatic rings. The molecule has 1 amide bonds. The zero-order chi connectivity index (χ0) is 22.5. The minimum atomic E-state index is -0.434. The Morgan fingerprint density at radius 1 is 1.13 bits per heavy atom. The quantitative estimate of drug-likeness (QED) is 0.558. The second-order valence-corrected chi connectivity index (χ2v) is 8.09. The van der Waals surface area contributed by atoms with Crippen LogP contribution in [0.1, 0.15) is 60.9 Å². The molecule has 1 N–H and O–H groups in total. The van der Waals surface area contributed by atoms with Crippen LogP contribution in [0.25, 0.3) is 5.65 Å². The molecule has 3 aromatic rings. The molecule has 31 heavy (non-hydrogen) atoms. The fraction of sp³-hybridized carbons (Fsp3) is 0.417. The molecular formula is C24H30N4O3. The molecule has 0 saturated carbocycles. The molecule has 0 aliphatic heterocycles. The Morgan fingerprint density at radius 2 is 1.84 bits per heavy atom. The van der Waals surface area contributed by atoms with Gasteiger partial charge in [-0.2, -0.15) is 5.10 Å². The van der Waals surface area contributed by atoms with E-state index in [0.29, 0.717) is 6.42 Å². The lowest BCUT2D eigenvalue weighted by Crippen LogP contribution is -2.31. The average molecular weight is 423 g/mol. The van der Waals surface area contributed by atoms with Gasteiger partial charge in [0.05, 0.1) is 24.3 Å². The van der Waals surface area contributed by atoms with Gasteiger partial charge in [0.2, 0.25) is 5.91 Å². The maximum atomic E-state index is 12.8. The summed E-state index contributed by atoms with van der Waals surface area (Å²) in [7, 11) is 0. The van der Waals surface area contributed by atoms with Crippen molar-refractivity contribution in [3.05, 3.63) is 64.6 Å². The smallest absolute Gasteiger partial charge is 0.308 e. The number of hydrogen-bond acceptors (Lipinski definition) is 5.